The Labute approximate surface area is 214 Å². The molecule has 174 valence electrons. The fraction of sp³-hybridized carbons (Fsp3) is 0.125. The SMILES string of the molecule is Cc1cc(/C=C2\SC(=O)N(Cc3ccc(Cl)cc3Cl)C2=O)c(C)n1-c1ccc(Cl)c(C(=O)O)c1. The number of carbonyl (C=O) groups excluding carboxylic acids is 2. The normalized spacial score (nSPS) is 15.0. The molecule has 2 heterocycles. The quantitative estimate of drug-likeness (QED) is 0.356. The molecule has 0 radical (unpaired) electrons. The Balaban J connectivity index is 1.65. The van der Waals surface area contributed by atoms with E-state index in [1.54, 1.807) is 30.3 Å². The number of amides is 2. The molecule has 0 bridgehead atoms. The van der Waals surface area contributed by atoms with Crippen LogP contribution < -0.4 is 0 Å². The van der Waals surface area contributed by atoms with Gasteiger partial charge in [0, 0.05) is 27.1 Å². The second-order valence-corrected chi connectivity index (χ2v) is 9.88. The summed E-state index contributed by atoms with van der Waals surface area (Å²) in [5.41, 5.74) is 3.58. The van der Waals surface area contributed by atoms with Crippen LogP contribution in [0.1, 0.15) is 32.9 Å². The highest BCUT2D eigenvalue weighted by atomic mass is 35.5. The van der Waals surface area contributed by atoms with E-state index in [1.807, 2.05) is 24.5 Å². The van der Waals surface area contributed by atoms with E-state index in [4.69, 9.17) is 34.8 Å². The molecule has 1 aliphatic rings. The van der Waals surface area contributed by atoms with Crippen LogP contribution in [0.2, 0.25) is 15.1 Å². The molecule has 0 saturated carbocycles. The zero-order valence-electron chi connectivity index (χ0n) is 17.9. The number of imide groups is 1. The van der Waals surface area contributed by atoms with E-state index >= 15 is 0 Å². The van der Waals surface area contributed by atoms with Gasteiger partial charge in [0.15, 0.2) is 0 Å². The zero-order valence-corrected chi connectivity index (χ0v) is 21.0. The number of rotatable bonds is 5. The number of aromatic carboxylic acids is 1. The first-order valence-corrected chi connectivity index (χ1v) is 11.9. The van der Waals surface area contributed by atoms with Crippen molar-refractivity contribution in [1.29, 1.82) is 0 Å². The second kappa shape index (κ2) is 9.50. The van der Waals surface area contributed by atoms with E-state index in [9.17, 15) is 19.5 Å². The summed E-state index contributed by atoms with van der Waals surface area (Å²) in [7, 11) is 0. The lowest BCUT2D eigenvalue weighted by molar-refractivity contribution is -0.123. The van der Waals surface area contributed by atoms with Gasteiger partial charge in [-0.15, -0.1) is 0 Å². The van der Waals surface area contributed by atoms with Crippen LogP contribution in [-0.4, -0.2) is 31.7 Å². The van der Waals surface area contributed by atoms with Crippen molar-refractivity contribution in [2.24, 2.45) is 0 Å². The second-order valence-electron chi connectivity index (χ2n) is 7.63. The van der Waals surface area contributed by atoms with E-state index < -0.39 is 11.9 Å². The van der Waals surface area contributed by atoms with Gasteiger partial charge in [0.1, 0.15) is 0 Å². The summed E-state index contributed by atoms with van der Waals surface area (Å²) < 4.78 is 1.87. The van der Waals surface area contributed by atoms with Crippen LogP contribution in [-0.2, 0) is 11.3 Å². The van der Waals surface area contributed by atoms with Crippen molar-refractivity contribution < 1.29 is 19.5 Å². The Morgan fingerprint density at radius 1 is 1.03 bits per heavy atom. The highest BCUT2D eigenvalue weighted by molar-refractivity contribution is 8.18. The number of benzene rings is 2. The zero-order chi connectivity index (χ0) is 24.7. The predicted molar refractivity (Wildman–Crippen MR) is 135 cm³/mol. The van der Waals surface area contributed by atoms with Gasteiger partial charge in [0.2, 0.25) is 0 Å². The molecule has 4 rings (SSSR count). The van der Waals surface area contributed by atoms with Crippen molar-refractivity contribution in [1.82, 2.24) is 9.47 Å². The largest absolute Gasteiger partial charge is 0.478 e. The lowest BCUT2D eigenvalue weighted by atomic mass is 10.2. The summed E-state index contributed by atoms with van der Waals surface area (Å²) in [6, 6.07) is 11.5. The highest BCUT2D eigenvalue weighted by Gasteiger charge is 2.35. The number of carboxylic acid groups (broad SMARTS) is 1. The number of nitrogens with zero attached hydrogens (tertiary/aromatic N) is 2. The summed E-state index contributed by atoms with van der Waals surface area (Å²) in [4.78, 5) is 38.5. The van der Waals surface area contributed by atoms with Crippen LogP contribution in [0.25, 0.3) is 11.8 Å². The summed E-state index contributed by atoms with van der Waals surface area (Å²) in [5, 5.41) is 9.99. The van der Waals surface area contributed by atoms with Crippen molar-refractivity contribution in [2.45, 2.75) is 20.4 Å². The molecule has 0 unspecified atom stereocenters. The number of thioether (sulfide) groups is 1. The number of carboxylic acids is 1. The van der Waals surface area contributed by atoms with Crippen LogP contribution in [0, 0.1) is 13.8 Å². The highest BCUT2D eigenvalue weighted by Crippen LogP contribution is 2.36. The third-order valence-electron chi connectivity index (χ3n) is 5.41. The maximum Gasteiger partial charge on any atom is 0.337 e. The van der Waals surface area contributed by atoms with Gasteiger partial charge in [-0.3, -0.25) is 14.5 Å². The molecule has 2 aromatic carbocycles. The molecular weight excluding hydrogens is 519 g/mol. The first-order valence-electron chi connectivity index (χ1n) is 9.98. The fourth-order valence-electron chi connectivity index (χ4n) is 3.75. The van der Waals surface area contributed by atoms with Crippen LogP contribution in [0.4, 0.5) is 4.79 Å². The number of aryl methyl sites for hydroxylation is 1. The summed E-state index contributed by atoms with van der Waals surface area (Å²) in [6.45, 7) is 3.76. The molecule has 0 aliphatic carbocycles. The molecule has 1 N–H and O–H groups in total. The number of hydrogen-bond donors (Lipinski definition) is 1. The predicted octanol–water partition coefficient (Wildman–Crippen LogP) is 6.99. The Morgan fingerprint density at radius 3 is 2.44 bits per heavy atom. The number of carbonyl (C=O) groups is 3. The molecule has 6 nitrogen and oxygen atoms in total. The average molecular weight is 536 g/mol. The van der Waals surface area contributed by atoms with Crippen LogP contribution in [0.15, 0.2) is 47.4 Å². The van der Waals surface area contributed by atoms with E-state index in [1.165, 1.54) is 12.1 Å². The molecule has 2 amide bonds. The Morgan fingerprint density at radius 2 is 1.76 bits per heavy atom. The van der Waals surface area contributed by atoms with Crippen LogP contribution >= 0.6 is 46.6 Å². The van der Waals surface area contributed by atoms with Gasteiger partial charge in [0.25, 0.3) is 11.1 Å². The molecule has 10 heteroatoms. The number of aromatic nitrogens is 1. The van der Waals surface area contributed by atoms with E-state index in [0.717, 1.165) is 33.6 Å². The molecule has 1 fully saturated rings. The van der Waals surface area contributed by atoms with Gasteiger partial charge >= 0.3 is 5.97 Å². The van der Waals surface area contributed by atoms with Crippen molar-refractivity contribution >= 4 is 69.8 Å². The van der Waals surface area contributed by atoms with Gasteiger partial charge in [-0.25, -0.2) is 4.79 Å². The molecule has 1 aromatic heterocycles. The number of halogens is 3. The van der Waals surface area contributed by atoms with Crippen molar-refractivity contribution in [2.75, 3.05) is 0 Å². The minimum absolute atomic E-state index is 0.00445. The summed E-state index contributed by atoms with van der Waals surface area (Å²) >= 11 is 19.0. The molecule has 1 saturated heterocycles. The van der Waals surface area contributed by atoms with Gasteiger partial charge < -0.3 is 9.67 Å². The monoisotopic (exact) mass is 534 g/mol. The van der Waals surface area contributed by atoms with Crippen molar-refractivity contribution in [3.63, 3.8) is 0 Å². The average Bonchev–Trinajstić information content (AvgIpc) is 3.19. The van der Waals surface area contributed by atoms with E-state index in [2.05, 4.69) is 0 Å². The van der Waals surface area contributed by atoms with Crippen molar-refractivity contribution in [3.8, 4) is 5.69 Å². The van der Waals surface area contributed by atoms with Gasteiger partial charge in [-0.1, -0.05) is 40.9 Å². The molecule has 0 spiro atoms. The van der Waals surface area contributed by atoms with Gasteiger partial charge in [-0.2, -0.15) is 0 Å². The molecule has 0 atom stereocenters. The number of hydrogen-bond acceptors (Lipinski definition) is 4. The standard InChI is InChI=1S/C24H17Cl3N2O4S/c1-12-7-15(13(2)29(12)17-5-6-19(26)18(10-17)23(31)32)8-21-22(30)28(24(33)34-21)11-14-3-4-16(25)9-20(14)27/h3-10H,11H2,1-2H3,(H,31,32)/b21-8-. The van der Waals surface area contributed by atoms with E-state index in [0.29, 0.717) is 21.3 Å². The first kappa shape index (κ1) is 24.4. The maximum atomic E-state index is 13.0. The first-order chi connectivity index (χ1) is 16.1. The van der Waals surface area contributed by atoms with Crippen LogP contribution in [0.5, 0.6) is 0 Å². The Hall–Kier alpha value is -2.71. The fourth-order valence-corrected chi connectivity index (χ4v) is 5.24. The Kier molecular flexibility index (Phi) is 6.82. The van der Waals surface area contributed by atoms with Crippen LogP contribution in [0.3, 0.4) is 0 Å². The lowest BCUT2D eigenvalue weighted by Crippen LogP contribution is -2.27. The smallest absolute Gasteiger partial charge is 0.337 e. The molecule has 1 aliphatic heterocycles. The maximum absolute atomic E-state index is 13.0. The minimum atomic E-state index is -1.12. The lowest BCUT2D eigenvalue weighted by Gasteiger charge is -2.13. The molecular formula is C24H17Cl3N2O4S. The van der Waals surface area contributed by atoms with Crippen molar-refractivity contribution in [3.05, 3.63) is 90.5 Å². The minimum Gasteiger partial charge on any atom is -0.478 e. The van der Waals surface area contributed by atoms with Gasteiger partial charge in [0.05, 0.1) is 22.0 Å². The molecule has 34 heavy (non-hydrogen) atoms. The molecule has 3 aromatic rings. The third-order valence-corrected chi connectivity index (χ3v) is 7.24. The van der Waals surface area contributed by atoms with Gasteiger partial charge in [-0.05, 0) is 79.2 Å². The third kappa shape index (κ3) is 4.61. The summed E-state index contributed by atoms with van der Waals surface area (Å²) in [6.07, 6.45) is 1.67. The van der Waals surface area contributed by atoms with E-state index in [-0.39, 0.29) is 27.3 Å². The Bertz CT molecular complexity index is 1400. The summed E-state index contributed by atoms with van der Waals surface area (Å²) in [5.74, 6) is -1.53. The topological polar surface area (TPSA) is 79.6 Å².